The number of carbonyl (C=O) groups is 1. The molecule has 0 radical (unpaired) electrons. The van der Waals surface area contributed by atoms with Crippen molar-refractivity contribution in [2.45, 2.75) is 0 Å². The van der Waals surface area contributed by atoms with Crippen LogP contribution in [0.4, 0.5) is 5.95 Å². The molecule has 1 amide bonds. The van der Waals surface area contributed by atoms with Crippen LogP contribution in [-0.4, -0.2) is 31.5 Å². The first-order valence-electron chi connectivity index (χ1n) is 3.82. The number of rotatable bonds is 2. The summed E-state index contributed by atoms with van der Waals surface area (Å²) in [6.07, 6.45) is 1.53. The average Bonchev–Trinajstić information content (AvgIpc) is 2.72. The Hall–Kier alpha value is -1.31. The minimum Gasteiger partial charge on any atom is -0.286 e. The van der Waals surface area contributed by atoms with Crippen molar-refractivity contribution in [3.8, 4) is 0 Å². The Balaban J connectivity index is 0.00000112. The standard InChI is InChI=1S/C7H6N6O.Na/c14-6(5-3-1-2-4-8-5)9-7-10-12-13-11-7;/h1-4H,(H2,9,10,11,12,13,14);/q;+1. The molecule has 70 valence electrons. The van der Waals surface area contributed by atoms with Gasteiger partial charge in [0.1, 0.15) is 5.69 Å². The summed E-state index contributed by atoms with van der Waals surface area (Å²) in [5, 5.41) is 15.1. The van der Waals surface area contributed by atoms with Crippen LogP contribution in [-0.2, 0) is 0 Å². The number of tetrazole rings is 1. The van der Waals surface area contributed by atoms with Crippen molar-refractivity contribution in [2.24, 2.45) is 0 Å². The van der Waals surface area contributed by atoms with Crippen molar-refractivity contribution in [3.63, 3.8) is 0 Å². The van der Waals surface area contributed by atoms with Gasteiger partial charge >= 0.3 is 29.6 Å². The normalized spacial score (nSPS) is 9.07. The zero-order valence-electron chi connectivity index (χ0n) is 8.01. The molecule has 0 saturated heterocycles. The Bertz CT molecular complexity index is 416. The van der Waals surface area contributed by atoms with E-state index < -0.39 is 0 Å². The van der Waals surface area contributed by atoms with Crippen molar-refractivity contribution in [1.29, 1.82) is 0 Å². The second kappa shape index (κ2) is 5.54. The Morgan fingerprint density at radius 1 is 1.40 bits per heavy atom. The van der Waals surface area contributed by atoms with Crippen molar-refractivity contribution in [2.75, 3.05) is 5.32 Å². The van der Waals surface area contributed by atoms with Gasteiger partial charge in [-0.05, 0) is 17.3 Å². The van der Waals surface area contributed by atoms with Crippen molar-refractivity contribution in [3.05, 3.63) is 30.1 Å². The topological polar surface area (TPSA) is 96.5 Å². The number of nitrogens with zero attached hydrogens (tertiary/aromatic N) is 4. The third kappa shape index (κ3) is 3.08. The first-order valence-corrected chi connectivity index (χ1v) is 3.82. The minimum absolute atomic E-state index is 0. The Labute approximate surface area is 107 Å². The molecule has 15 heavy (non-hydrogen) atoms. The maximum absolute atomic E-state index is 11.4. The molecular formula is C7H6N6NaO+. The van der Waals surface area contributed by atoms with Crippen LogP contribution in [0.25, 0.3) is 0 Å². The smallest absolute Gasteiger partial charge is 0.286 e. The number of carbonyl (C=O) groups excluding carboxylic acids is 1. The average molecular weight is 213 g/mol. The first kappa shape index (κ1) is 11.8. The number of hydrogen-bond acceptors (Lipinski definition) is 5. The van der Waals surface area contributed by atoms with Gasteiger partial charge in [-0.3, -0.25) is 15.1 Å². The zero-order valence-corrected chi connectivity index (χ0v) is 10.0. The van der Waals surface area contributed by atoms with E-state index in [2.05, 4.69) is 30.9 Å². The van der Waals surface area contributed by atoms with Gasteiger partial charge in [0.15, 0.2) is 0 Å². The van der Waals surface area contributed by atoms with Crippen LogP contribution in [0.3, 0.4) is 0 Å². The number of amides is 1. The fourth-order valence-electron chi connectivity index (χ4n) is 0.877. The molecule has 2 rings (SSSR count). The molecule has 2 heterocycles. The van der Waals surface area contributed by atoms with Crippen molar-refractivity contribution < 1.29 is 34.4 Å². The quantitative estimate of drug-likeness (QED) is 0.513. The molecule has 0 spiro atoms. The number of anilines is 1. The number of aromatic nitrogens is 5. The van der Waals surface area contributed by atoms with E-state index in [1.165, 1.54) is 6.20 Å². The molecule has 7 nitrogen and oxygen atoms in total. The Kier molecular flexibility index (Phi) is 4.35. The van der Waals surface area contributed by atoms with Gasteiger partial charge in [0.25, 0.3) is 11.9 Å². The van der Waals surface area contributed by atoms with E-state index >= 15 is 0 Å². The van der Waals surface area contributed by atoms with E-state index in [9.17, 15) is 4.79 Å². The van der Waals surface area contributed by atoms with E-state index in [1.807, 2.05) is 0 Å². The van der Waals surface area contributed by atoms with Gasteiger partial charge in [0.2, 0.25) is 0 Å². The van der Waals surface area contributed by atoms with Gasteiger partial charge in [-0.1, -0.05) is 11.2 Å². The van der Waals surface area contributed by atoms with Gasteiger partial charge in [0.05, 0.1) is 0 Å². The number of aromatic amines is 1. The summed E-state index contributed by atoms with van der Waals surface area (Å²) in [7, 11) is 0. The molecule has 0 unspecified atom stereocenters. The van der Waals surface area contributed by atoms with Crippen LogP contribution in [0, 0.1) is 0 Å². The van der Waals surface area contributed by atoms with Crippen LogP contribution in [0.5, 0.6) is 0 Å². The van der Waals surface area contributed by atoms with Crippen LogP contribution in [0.1, 0.15) is 10.5 Å². The molecule has 2 aromatic rings. The molecule has 8 heteroatoms. The van der Waals surface area contributed by atoms with Crippen molar-refractivity contribution in [1.82, 2.24) is 25.6 Å². The summed E-state index contributed by atoms with van der Waals surface area (Å²) in [6, 6.07) is 5.04. The first-order chi connectivity index (χ1) is 6.86. The largest absolute Gasteiger partial charge is 1.00 e. The number of pyridine rings is 1. The Morgan fingerprint density at radius 3 is 2.87 bits per heavy atom. The summed E-state index contributed by atoms with van der Waals surface area (Å²) < 4.78 is 0. The van der Waals surface area contributed by atoms with E-state index in [1.54, 1.807) is 18.2 Å². The summed E-state index contributed by atoms with van der Waals surface area (Å²) in [6.45, 7) is 0. The number of H-pyrrole nitrogens is 1. The van der Waals surface area contributed by atoms with Gasteiger partial charge < -0.3 is 0 Å². The molecule has 0 saturated carbocycles. The monoisotopic (exact) mass is 213 g/mol. The molecule has 0 aliphatic carbocycles. The third-order valence-corrected chi connectivity index (χ3v) is 1.47. The predicted molar refractivity (Wildman–Crippen MR) is 46.4 cm³/mol. The molecule has 0 bridgehead atoms. The van der Waals surface area contributed by atoms with Crippen LogP contribution in [0.2, 0.25) is 0 Å². The van der Waals surface area contributed by atoms with Gasteiger partial charge in [-0.25, -0.2) is 0 Å². The zero-order chi connectivity index (χ0) is 9.80. The van der Waals surface area contributed by atoms with E-state index in [-0.39, 0.29) is 41.4 Å². The summed E-state index contributed by atoms with van der Waals surface area (Å²) in [5.74, 6) is -0.243. The summed E-state index contributed by atoms with van der Waals surface area (Å²) >= 11 is 0. The molecule has 0 aromatic carbocycles. The fourth-order valence-corrected chi connectivity index (χ4v) is 0.877. The maximum atomic E-state index is 11.4. The third-order valence-electron chi connectivity index (χ3n) is 1.47. The van der Waals surface area contributed by atoms with Crippen molar-refractivity contribution >= 4 is 11.9 Å². The summed E-state index contributed by atoms with van der Waals surface area (Å²) in [5.41, 5.74) is 0.303. The fraction of sp³-hybridized carbons (Fsp3) is 0. The molecule has 0 atom stereocenters. The van der Waals surface area contributed by atoms with E-state index in [0.717, 1.165) is 0 Å². The second-order valence-electron chi connectivity index (χ2n) is 2.40. The number of hydrogen-bond donors (Lipinski definition) is 2. The van der Waals surface area contributed by atoms with E-state index in [4.69, 9.17) is 0 Å². The van der Waals surface area contributed by atoms with Crippen LogP contribution in [0.15, 0.2) is 24.4 Å². The van der Waals surface area contributed by atoms with Gasteiger partial charge in [-0.15, -0.1) is 5.10 Å². The molecule has 2 N–H and O–H groups in total. The Morgan fingerprint density at radius 2 is 2.27 bits per heavy atom. The van der Waals surface area contributed by atoms with Gasteiger partial charge in [-0.2, -0.15) is 5.21 Å². The van der Waals surface area contributed by atoms with Gasteiger partial charge in [0, 0.05) is 6.20 Å². The minimum atomic E-state index is -0.369. The molecule has 0 aliphatic heterocycles. The SMILES string of the molecule is O=C(Nc1nn[nH]n1)c1ccccn1.[Na+]. The maximum Gasteiger partial charge on any atom is 1.00 e. The van der Waals surface area contributed by atoms with Crippen LogP contribution < -0.4 is 34.9 Å². The molecule has 0 aliphatic rings. The molecular weight excluding hydrogens is 207 g/mol. The molecule has 2 aromatic heterocycles. The summed E-state index contributed by atoms with van der Waals surface area (Å²) in [4.78, 5) is 15.3. The molecule has 0 fully saturated rings. The second-order valence-corrected chi connectivity index (χ2v) is 2.40. The van der Waals surface area contributed by atoms with Crippen LogP contribution >= 0.6 is 0 Å². The van der Waals surface area contributed by atoms with E-state index in [0.29, 0.717) is 5.69 Å². The number of nitrogens with one attached hydrogen (secondary N) is 2. The predicted octanol–water partition coefficient (Wildman–Crippen LogP) is -3.15.